The van der Waals surface area contributed by atoms with Gasteiger partial charge >= 0.3 is 0 Å². The van der Waals surface area contributed by atoms with Gasteiger partial charge in [-0.3, -0.25) is 0 Å². The maximum absolute atomic E-state index is 5.56. The van der Waals surface area contributed by atoms with Gasteiger partial charge in [-0.25, -0.2) is 9.97 Å². The molecule has 0 bridgehead atoms. The first-order valence-corrected chi connectivity index (χ1v) is 6.02. The summed E-state index contributed by atoms with van der Waals surface area (Å²) < 4.78 is 1.98. The van der Waals surface area contributed by atoms with Crippen LogP contribution in [0.4, 0.5) is 5.13 Å². The monoisotopic (exact) mass is 242 g/mol. The van der Waals surface area contributed by atoms with Crippen LogP contribution in [-0.4, -0.2) is 14.4 Å². The Morgan fingerprint density at radius 2 is 2.06 bits per heavy atom. The van der Waals surface area contributed by atoms with Crippen LogP contribution in [0.3, 0.4) is 0 Å². The lowest BCUT2D eigenvalue weighted by atomic mass is 10.3. The fraction of sp³-hybridized carbons (Fsp3) is 0. The zero-order valence-corrected chi connectivity index (χ0v) is 9.76. The number of anilines is 1. The van der Waals surface area contributed by atoms with Crippen molar-refractivity contribution < 1.29 is 0 Å². The molecule has 0 aliphatic heterocycles. The minimum absolute atomic E-state index is 0.583. The predicted octanol–water partition coefficient (Wildman–Crippen LogP) is 2.54. The lowest BCUT2D eigenvalue weighted by Crippen LogP contribution is -1.80. The zero-order valence-electron chi connectivity index (χ0n) is 8.95. The van der Waals surface area contributed by atoms with Crippen molar-refractivity contribution in [3.63, 3.8) is 0 Å². The van der Waals surface area contributed by atoms with Gasteiger partial charge in [-0.05, 0) is 24.3 Å². The van der Waals surface area contributed by atoms with Crippen molar-refractivity contribution in [3.8, 4) is 0 Å². The standard InChI is InChI=1S/C12H10N4S/c13-12-15-10(8-17-12)5-4-9-7-16-6-2-1-3-11(16)14-9/h1-8H,(H2,13,15). The third kappa shape index (κ3) is 2.05. The van der Waals surface area contributed by atoms with Gasteiger partial charge in [-0.2, -0.15) is 0 Å². The summed E-state index contributed by atoms with van der Waals surface area (Å²) in [5.74, 6) is 0. The summed E-state index contributed by atoms with van der Waals surface area (Å²) in [4.78, 5) is 8.61. The molecular weight excluding hydrogens is 232 g/mol. The molecular formula is C12H10N4S. The van der Waals surface area contributed by atoms with Crippen LogP contribution < -0.4 is 5.73 Å². The summed E-state index contributed by atoms with van der Waals surface area (Å²) >= 11 is 1.43. The molecule has 3 aromatic rings. The van der Waals surface area contributed by atoms with E-state index in [2.05, 4.69) is 9.97 Å². The summed E-state index contributed by atoms with van der Waals surface area (Å²) in [5, 5.41) is 2.50. The van der Waals surface area contributed by atoms with Gasteiger partial charge in [0.15, 0.2) is 5.13 Å². The van der Waals surface area contributed by atoms with Crippen molar-refractivity contribution in [2.45, 2.75) is 0 Å². The van der Waals surface area contributed by atoms with E-state index in [-0.39, 0.29) is 0 Å². The van der Waals surface area contributed by atoms with Crippen LogP contribution in [0.25, 0.3) is 17.8 Å². The van der Waals surface area contributed by atoms with Crippen LogP contribution in [-0.2, 0) is 0 Å². The fourth-order valence-electron chi connectivity index (χ4n) is 1.58. The van der Waals surface area contributed by atoms with E-state index in [0.29, 0.717) is 5.13 Å². The number of nitrogens with two attached hydrogens (primary N) is 1. The molecule has 0 spiro atoms. The number of thiazole rings is 1. The predicted molar refractivity (Wildman–Crippen MR) is 70.6 cm³/mol. The van der Waals surface area contributed by atoms with Gasteiger partial charge in [0.05, 0.1) is 11.4 Å². The summed E-state index contributed by atoms with van der Waals surface area (Å²) in [6.45, 7) is 0. The number of fused-ring (bicyclic) bond motifs is 1. The smallest absolute Gasteiger partial charge is 0.180 e. The average Bonchev–Trinajstić information content (AvgIpc) is 2.91. The summed E-state index contributed by atoms with van der Waals surface area (Å²) in [7, 11) is 0. The number of hydrogen-bond acceptors (Lipinski definition) is 4. The maximum atomic E-state index is 5.56. The SMILES string of the molecule is Nc1nc(C=Cc2cn3ccccc3n2)cs1. The Labute approximate surface area is 102 Å². The molecule has 0 atom stereocenters. The van der Waals surface area contributed by atoms with E-state index in [9.17, 15) is 0 Å². The van der Waals surface area contributed by atoms with Crippen molar-refractivity contribution >= 4 is 34.3 Å². The van der Waals surface area contributed by atoms with Gasteiger partial charge in [0, 0.05) is 17.8 Å². The second kappa shape index (κ2) is 4.03. The Hall–Kier alpha value is -2.14. The first-order valence-electron chi connectivity index (χ1n) is 5.14. The molecule has 3 rings (SSSR count). The molecule has 0 aliphatic carbocycles. The minimum atomic E-state index is 0.583. The summed E-state index contributed by atoms with van der Waals surface area (Å²) in [5.41, 5.74) is 8.27. The number of nitrogens with zero attached hydrogens (tertiary/aromatic N) is 3. The van der Waals surface area contributed by atoms with Crippen LogP contribution >= 0.6 is 11.3 Å². The lowest BCUT2D eigenvalue weighted by Gasteiger charge is -1.86. The largest absolute Gasteiger partial charge is 0.375 e. The van der Waals surface area contributed by atoms with Gasteiger partial charge in [0.1, 0.15) is 5.65 Å². The van der Waals surface area contributed by atoms with Gasteiger partial charge in [0.25, 0.3) is 0 Å². The molecule has 3 heterocycles. The Balaban J connectivity index is 1.92. The molecule has 0 aromatic carbocycles. The van der Waals surface area contributed by atoms with Crippen molar-refractivity contribution in [2.24, 2.45) is 0 Å². The van der Waals surface area contributed by atoms with E-state index >= 15 is 0 Å². The molecule has 0 aliphatic rings. The van der Waals surface area contributed by atoms with Crippen molar-refractivity contribution in [2.75, 3.05) is 5.73 Å². The van der Waals surface area contributed by atoms with Crippen LogP contribution in [0.15, 0.2) is 36.0 Å². The van der Waals surface area contributed by atoms with Crippen molar-refractivity contribution in [3.05, 3.63) is 47.4 Å². The molecule has 0 radical (unpaired) electrons. The number of rotatable bonds is 2. The molecule has 3 aromatic heterocycles. The Kier molecular flexibility index (Phi) is 2.38. The lowest BCUT2D eigenvalue weighted by molar-refractivity contribution is 1.19. The molecule has 17 heavy (non-hydrogen) atoms. The van der Waals surface area contributed by atoms with Crippen molar-refractivity contribution in [1.29, 1.82) is 0 Å². The average molecular weight is 242 g/mol. The summed E-state index contributed by atoms with van der Waals surface area (Å²) in [6, 6.07) is 5.92. The second-order valence-corrected chi connectivity index (χ2v) is 4.47. The fourth-order valence-corrected chi connectivity index (χ4v) is 2.11. The molecule has 4 nitrogen and oxygen atoms in total. The number of pyridine rings is 1. The van der Waals surface area contributed by atoms with Crippen LogP contribution in [0.2, 0.25) is 0 Å². The number of hydrogen-bond donors (Lipinski definition) is 1. The molecule has 2 N–H and O–H groups in total. The highest BCUT2D eigenvalue weighted by atomic mass is 32.1. The third-order valence-corrected chi connectivity index (χ3v) is 3.04. The highest BCUT2D eigenvalue weighted by Crippen LogP contribution is 2.14. The minimum Gasteiger partial charge on any atom is -0.375 e. The first-order chi connectivity index (χ1) is 8.31. The number of nitrogen functional groups attached to an aromatic ring is 1. The molecule has 0 fully saturated rings. The molecule has 5 heteroatoms. The van der Waals surface area contributed by atoms with E-state index in [1.54, 1.807) is 0 Å². The first kappa shape index (κ1) is 10.0. The molecule has 84 valence electrons. The van der Waals surface area contributed by atoms with Gasteiger partial charge < -0.3 is 10.1 Å². The number of aromatic nitrogens is 3. The van der Waals surface area contributed by atoms with Gasteiger partial charge in [-0.1, -0.05) is 6.07 Å². The normalized spacial score (nSPS) is 11.5. The van der Waals surface area contributed by atoms with Crippen molar-refractivity contribution in [1.82, 2.24) is 14.4 Å². The highest BCUT2D eigenvalue weighted by molar-refractivity contribution is 7.13. The van der Waals surface area contributed by atoms with Gasteiger partial charge in [0.2, 0.25) is 0 Å². The molecule has 0 unspecified atom stereocenters. The molecule has 0 saturated heterocycles. The maximum Gasteiger partial charge on any atom is 0.180 e. The van der Waals surface area contributed by atoms with Crippen LogP contribution in [0, 0.1) is 0 Å². The van der Waals surface area contributed by atoms with Crippen LogP contribution in [0.5, 0.6) is 0 Å². The van der Waals surface area contributed by atoms with E-state index in [0.717, 1.165) is 17.0 Å². The summed E-state index contributed by atoms with van der Waals surface area (Å²) in [6.07, 6.45) is 7.79. The van der Waals surface area contributed by atoms with Gasteiger partial charge in [-0.15, -0.1) is 11.3 Å². The zero-order chi connectivity index (χ0) is 11.7. The quantitative estimate of drug-likeness (QED) is 0.751. The van der Waals surface area contributed by atoms with E-state index in [1.807, 2.05) is 52.5 Å². The highest BCUT2D eigenvalue weighted by Gasteiger charge is 1.97. The Bertz CT molecular complexity index is 647. The van der Waals surface area contributed by atoms with E-state index in [4.69, 9.17) is 5.73 Å². The Morgan fingerprint density at radius 3 is 2.82 bits per heavy atom. The van der Waals surface area contributed by atoms with E-state index in [1.165, 1.54) is 11.3 Å². The Morgan fingerprint density at radius 1 is 1.18 bits per heavy atom. The topological polar surface area (TPSA) is 56.2 Å². The number of imidazole rings is 1. The van der Waals surface area contributed by atoms with Crippen LogP contribution in [0.1, 0.15) is 11.4 Å². The third-order valence-electron chi connectivity index (χ3n) is 2.35. The van der Waals surface area contributed by atoms with E-state index < -0.39 is 0 Å². The second-order valence-electron chi connectivity index (χ2n) is 3.58. The molecule has 0 saturated carbocycles. The molecule has 0 amide bonds.